The van der Waals surface area contributed by atoms with Crippen LogP contribution in [0.5, 0.6) is 0 Å². The molecule has 1 saturated heterocycles. The van der Waals surface area contributed by atoms with Crippen molar-refractivity contribution >= 4 is 13.2 Å². The van der Waals surface area contributed by atoms with E-state index in [1.54, 1.807) is 0 Å². The van der Waals surface area contributed by atoms with Crippen LogP contribution in [0.2, 0.25) is 0 Å². The van der Waals surface area contributed by atoms with Crippen molar-refractivity contribution in [2.45, 2.75) is 104 Å². The van der Waals surface area contributed by atoms with Gasteiger partial charge in [0.2, 0.25) is 0 Å². The third-order valence-electron chi connectivity index (χ3n) is 6.23. The number of alkyl carbamates (subject to hydrolysis) is 1. The second-order valence-electron chi connectivity index (χ2n) is 10.7. The van der Waals surface area contributed by atoms with Crippen molar-refractivity contribution in [1.82, 2.24) is 10.6 Å². The van der Waals surface area contributed by atoms with Gasteiger partial charge in [-0.1, -0.05) is 31.6 Å². The van der Waals surface area contributed by atoms with E-state index in [1.807, 2.05) is 20.8 Å². The highest BCUT2D eigenvalue weighted by atomic mass is 16.7. The van der Waals surface area contributed by atoms with Crippen molar-refractivity contribution in [1.29, 1.82) is 0 Å². The van der Waals surface area contributed by atoms with Crippen molar-refractivity contribution in [2.75, 3.05) is 13.1 Å². The van der Waals surface area contributed by atoms with E-state index >= 15 is 0 Å². The highest BCUT2D eigenvalue weighted by Crippen LogP contribution is 2.39. The van der Waals surface area contributed by atoms with Crippen LogP contribution >= 0.6 is 0 Å². The topological polar surface area (TPSA) is 68.8 Å². The third kappa shape index (κ3) is 7.65. The molecule has 176 valence electrons. The first-order chi connectivity index (χ1) is 14.3. The number of amides is 1. The molecule has 0 radical (unpaired) electrons. The number of nitrogens with one attached hydrogen (secondary N) is 2. The number of rotatable bonds is 9. The minimum absolute atomic E-state index is 0.293. The van der Waals surface area contributed by atoms with Crippen LogP contribution in [-0.4, -0.2) is 49.1 Å². The fourth-order valence-corrected chi connectivity index (χ4v) is 3.76. The maximum Gasteiger partial charge on any atom is 0.494 e. The van der Waals surface area contributed by atoms with Gasteiger partial charge in [0.25, 0.3) is 0 Å². The lowest BCUT2D eigenvalue weighted by molar-refractivity contribution is 0.00578. The van der Waals surface area contributed by atoms with Gasteiger partial charge in [0.1, 0.15) is 5.60 Å². The molecule has 0 saturated carbocycles. The predicted molar refractivity (Wildman–Crippen MR) is 127 cm³/mol. The van der Waals surface area contributed by atoms with Crippen LogP contribution in [0, 0.1) is 5.92 Å². The largest absolute Gasteiger partial charge is 0.494 e. The summed E-state index contributed by atoms with van der Waals surface area (Å²) in [5.41, 5.74) is 0.0201. The lowest BCUT2D eigenvalue weighted by Crippen LogP contribution is -2.41. The maximum absolute atomic E-state index is 11.7. The molecule has 31 heavy (non-hydrogen) atoms. The Kier molecular flexibility index (Phi) is 8.82. The van der Waals surface area contributed by atoms with Gasteiger partial charge in [0.15, 0.2) is 0 Å². The number of hydrogen-bond donors (Lipinski definition) is 2. The van der Waals surface area contributed by atoms with Crippen LogP contribution in [0.3, 0.4) is 0 Å². The average Bonchev–Trinajstić information content (AvgIpc) is 2.86. The summed E-state index contributed by atoms with van der Waals surface area (Å²) in [7, 11) is -0.293. The van der Waals surface area contributed by atoms with E-state index in [4.69, 9.17) is 14.0 Å². The summed E-state index contributed by atoms with van der Waals surface area (Å²) < 4.78 is 17.6. The number of hydrogen-bond acceptors (Lipinski definition) is 5. The maximum atomic E-state index is 11.7. The molecule has 1 fully saturated rings. The minimum atomic E-state index is -0.464. The van der Waals surface area contributed by atoms with Gasteiger partial charge in [-0.05, 0) is 85.7 Å². The molecule has 0 aromatic carbocycles. The smallest absolute Gasteiger partial charge is 0.444 e. The lowest BCUT2D eigenvalue weighted by atomic mass is 9.73. The Bertz CT molecular complexity index is 651. The highest BCUT2D eigenvalue weighted by molar-refractivity contribution is 6.55. The Morgan fingerprint density at radius 1 is 1.23 bits per heavy atom. The molecule has 6 nitrogen and oxygen atoms in total. The van der Waals surface area contributed by atoms with Crippen LogP contribution in [0.25, 0.3) is 0 Å². The molecule has 0 bridgehead atoms. The van der Waals surface area contributed by atoms with E-state index in [2.05, 4.69) is 63.5 Å². The van der Waals surface area contributed by atoms with Crippen LogP contribution in [0.15, 0.2) is 23.7 Å². The van der Waals surface area contributed by atoms with Crippen molar-refractivity contribution in [3.8, 4) is 0 Å². The zero-order valence-corrected chi connectivity index (χ0v) is 20.8. The second kappa shape index (κ2) is 10.5. The fraction of sp³-hybridized carbons (Fsp3) is 0.792. The summed E-state index contributed by atoms with van der Waals surface area (Å²) in [5, 5.41) is 6.51. The van der Waals surface area contributed by atoms with Gasteiger partial charge in [0.05, 0.1) is 11.2 Å². The van der Waals surface area contributed by atoms with Gasteiger partial charge in [0, 0.05) is 12.6 Å². The van der Waals surface area contributed by atoms with Crippen LogP contribution in [0.1, 0.15) is 81.1 Å². The predicted octanol–water partition coefficient (Wildman–Crippen LogP) is 4.79. The molecule has 2 unspecified atom stereocenters. The first-order valence-corrected chi connectivity index (χ1v) is 11.8. The Morgan fingerprint density at radius 3 is 2.39 bits per heavy atom. The average molecular weight is 434 g/mol. The zero-order valence-electron chi connectivity index (χ0n) is 20.8. The van der Waals surface area contributed by atoms with Crippen LogP contribution in [-0.2, 0) is 14.0 Å². The summed E-state index contributed by atoms with van der Waals surface area (Å²) in [4.78, 5) is 11.7. The molecule has 1 amide bonds. The lowest BCUT2D eigenvalue weighted by Gasteiger charge is -2.32. The summed E-state index contributed by atoms with van der Waals surface area (Å²) in [6.07, 6.45) is 10.5. The third-order valence-corrected chi connectivity index (χ3v) is 6.23. The number of carbonyl (C=O) groups is 1. The molecule has 2 atom stereocenters. The van der Waals surface area contributed by atoms with Gasteiger partial charge in [-0.2, -0.15) is 0 Å². The molecule has 1 aliphatic heterocycles. The molecule has 1 aliphatic carbocycles. The van der Waals surface area contributed by atoms with E-state index in [0.29, 0.717) is 18.5 Å². The van der Waals surface area contributed by atoms with Gasteiger partial charge in [-0.3, -0.25) is 0 Å². The summed E-state index contributed by atoms with van der Waals surface area (Å²) >= 11 is 0. The molecule has 2 aliphatic rings. The number of ether oxygens (including phenoxy) is 1. The van der Waals surface area contributed by atoms with Crippen molar-refractivity contribution in [3.05, 3.63) is 23.7 Å². The standard InChI is InChI=1S/C24H43BN2O4/c1-9-11-20(26-16-10-17-27-21(28)29-22(2,3)4)18-12-14-19(15-13-18)25-30-23(5,6)24(7,8)31-25/h12,14-15,18,20,26H,9-11,13,16-17H2,1-8H3,(H,27,28). The monoisotopic (exact) mass is 434 g/mol. The van der Waals surface area contributed by atoms with E-state index < -0.39 is 5.60 Å². The van der Waals surface area contributed by atoms with E-state index in [-0.39, 0.29) is 24.4 Å². The Hall–Kier alpha value is -1.31. The van der Waals surface area contributed by atoms with E-state index in [1.165, 1.54) is 0 Å². The van der Waals surface area contributed by atoms with Gasteiger partial charge < -0.3 is 24.7 Å². The zero-order chi connectivity index (χ0) is 23.3. The molecule has 2 N–H and O–H groups in total. The summed E-state index contributed by atoms with van der Waals surface area (Å²) in [6, 6.07) is 0.416. The molecular formula is C24H43BN2O4. The quantitative estimate of drug-likeness (QED) is 0.403. The van der Waals surface area contributed by atoms with Crippen molar-refractivity contribution in [2.24, 2.45) is 5.92 Å². The van der Waals surface area contributed by atoms with E-state index in [0.717, 1.165) is 37.7 Å². The van der Waals surface area contributed by atoms with Gasteiger partial charge >= 0.3 is 13.2 Å². The minimum Gasteiger partial charge on any atom is -0.444 e. The Balaban J connectivity index is 1.78. The van der Waals surface area contributed by atoms with Gasteiger partial charge in [-0.25, -0.2) is 4.79 Å². The molecule has 0 aromatic rings. The fourth-order valence-electron chi connectivity index (χ4n) is 3.76. The van der Waals surface area contributed by atoms with Crippen LogP contribution in [0.4, 0.5) is 4.79 Å². The highest BCUT2D eigenvalue weighted by Gasteiger charge is 2.52. The molecule has 2 rings (SSSR count). The molecule has 0 spiro atoms. The van der Waals surface area contributed by atoms with Crippen molar-refractivity contribution in [3.63, 3.8) is 0 Å². The summed E-state index contributed by atoms with van der Waals surface area (Å²) in [5.74, 6) is 0.449. The van der Waals surface area contributed by atoms with Gasteiger partial charge in [-0.15, -0.1) is 0 Å². The Labute approximate surface area is 189 Å². The molecule has 1 heterocycles. The van der Waals surface area contributed by atoms with Crippen LogP contribution < -0.4 is 10.6 Å². The first kappa shape index (κ1) is 26.0. The Morgan fingerprint density at radius 2 is 1.87 bits per heavy atom. The van der Waals surface area contributed by atoms with Crippen molar-refractivity contribution < 1.29 is 18.8 Å². The molecular weight excluding hydrogens is 391 g/mol. The van der Waals surface area contributed by atoms with E-state index in [9.17, 15) is 4.79 Å². The number of carbonyl (C=O) groups excluding carboxylic acids is 1. The molecule has 0 aromatic heterocycles. The first-order valence-electron chi connectivity index (χ1n) is 11.8. The normalized spacial score (nSPS) is 23.4. The SMILES string of the molecule is CCCC(NCCCNC(=O)OC(C)(C)C)C1C=CC(B2OC(C)(C)C(C)(C)O2)=CC1. The summed E-state index contributed by atoms with van der Waals surface area (Å²) in [6.45, 7) is 17.6. The molecule has 7 heteroatoms. The second-order valence-corrected chi connectivity index (χ2v) is 10.7. The number of allylic oxidation sites excluding steroid dienone is 3.